The van der Waals surface area contributed by atoms with Gasteiger partial charge in [-0.1, -0.05) is 6.92 Å². The van der Waals surface area contributed by atoms with Crippen LogP contribution in [0.5, 0.6) is 5.75 Å². The lowest BCUT2D eigenvalue weighted by molar-refractivity contribution is -0.385. The predicted molar refractivity (Wildman–Crippen MR) is 71.9 cm³/mol. The normalized spacial score (nSPS) is 12.2. The number of nitrogens with one attached hydrogen (secondary N) is 1. The summed E-state index contributed by atoms with van der Waals surface area (Å²) in [6.45, 7) is 1.56. The molecule has 0 spiro atoms. The van der Waals surface area contributed by atoms with E-state index in [9.17, 15) is 18.5 Å². The van der Waals surface area contributed by atoms with Crippen molar-refractivity contribution in [3.8, 4) is 11.8 Å². The van der Waals surface area contributed by atoms with E-state index in [0.29, 0.717) is 0 Å². The van der Waals surface area contributed by atoms with E-state index in [1.54, 1.807) is 13.0 Å². The third-order valence-electron chi connectivity index (χ3n) is 2.53. The first-order valence-electron chi connectivity index (χ1n) is 5.59. The molecule has 0 radical (unpaired) electrons. The molecule has 1 rings (SSSR count). The molecule has 0 saturated heterocycles. The van der Waals surface area contributed by atoms with E-state index < -0.39 is 20.2 Å². The minimum absolute atomic E-state index is 0.00574. The van der Waals surface area contributed by atoms with E-state index in [-0.39, 0.29) is 23.5 Å². The Hall–Kier alpha value is -2.34. The zero-order valence-electron chi connectivity index (χ0n) is 10.9. The highest BCUT2D eigenvalue weighted by Crippen LogP contribution is 2.30. The Morgan fingerprint density at radius 3 is 2.65 bits per heavy atom. The first-order valence-corrected chi connectivity index (χ1v) is 7.14. The summed E-state index contributed by atoms with van der Waals surface area (Å²) in [5, 5.41) is 18.4. The van der Waals surface area contributed by atoms with Crippen LogP contribution >= 0.6 is 0 Å². The number of benzene rings is 1. The number of ether oxygens (including phenoxy) is 1. The van der Waals surface area contributed by atoms with Gasteiger partial charge in [-0.05, 0) is 18.6 Å². The van der Waals surface area contributed by atoms with Crippen LogP contribution in [0.1, 0.15) is 13.3 Å². The fraction of sp³-hybridized carbons (Fsp3) is 0.364. The quantitative estimate of drug-likeness (QED) is 0.629. The van der Waals surface area contributed by atoms with Crippen LogP contribution in [0.3, 0.4) is 0 Å². The number of nitriles is 1. The van der Waals surface area contributed by atoms with Gasteiger partial charge in [0.1, 0.15) is 0 Å². The molecule has 8 nitrogen and oxygen atoms in total. The van der Waals surface area contributed by atoms with Crippen molar-refractivity contribution in [2.24, 2.45) is 0 Å². The zero-order chi connectivity index (χ0) is 15.3. The van der Waals surface area contributed by atoms with E-state index in [0.717, 1.165) is 6.07 Å². The van der Waals surface area contributed by atoms with Gasteiger partial charge in [0.2, 0.25) is 10.0 Å². The molecule has 9 heteroatoms. The van der Waals surface area contributed by atoms with Crippen LogP contribution in [-0.4, -0.2) is 25.7 Å². The number of nitro benzene ring substituents is 1. The van der Waals surface area contributed by atoms with Crippen molar-refractivity contribution in [2.75, 3.05) is 11.8 Å². The maximum Gasteiger partial charge on any atom is 0.312 e. The summed E-state index contributed by atoms with van der Waals surface area (Å²) >= 11 is 0. The molecule has 0 fully saturated rings. The van der Waals surface area contributed by atoms with Crippen LogP contribution in [0, 0.1) is 21.4 Å². The highest BCUT2D eigenvalue weighted by atomic mass is 32.2. The summed E-state index contributed by atoms with van der Waals surface area (Å²) in [4.78, 5) is 10.2. The van der Waals surface area contributed by atoms with Crippen molar-refractivity contribution < 1.29 is 18.1 Å². The Morgan fingerprint density at radius 1 is 1.55 bits per heavy atom. The highest BCUT2D eigenvalue weighted by molar-refractivity contribution is 7.93. The van der Waals surface area contributed by atoms with Gasteiger partial charge in [0, 0.05) is 6.07 Å². The third kappa shape index (κ3) is 3.36. The number of anilines is 1. The van der Waals surface area contributed by atoms with Gasteiger partial charge in [-0.3, -0.25) is 14.8 Å². The lowest BCUT2D eigenvalue weighted by atomic mass is 10.2. The van der Waals surface area contributed by atoms with Crippen molar-refractivity contribution in [2.45, 2.75) is 18.6 Å². The second kappa shape index (κ2) is 6.21. The maximum atomic E-state index is 11.9. The van der Waals surface area contributed by atoms with Crippen LogP contribution in [0.4, 0.5) is 11.4 Å². The average Bonchev–Trinajstić information content (AvgIpc) is 2.39. The predicted octanol–water partition coefficient (Wildman–Crippen LogP) is 1.65. The zero-order valence-corrected chi connectivity index (χ0v) is 11.7. The molecular weight excluding hydrogens is 286 g/mol. The van der Waals surface area contributed by atoms with Crippen LogP contribution in [0.25, 0.3) is 0 Å². The summed E-state index contributed by atoms with van der Waals surface area (Å²) in [5.41, 5.74) is -0.357. The summed E-state index contributed by atoms with van der Waals surface area (Å²) in [6, 6.07) is 5.31. The standard InChI is InChI=1S/C11H13N3O5S/c1-3-9(7-12)20(17,18)13-8-4-5-11(19-2)10(6-8)14(15)16/h4-6,9,13H,3H2,1-2H3. The van der Waals surface area contributed by atoms with E-state index in [4.69, 9.17) is 10.00 Å². The molecule has 1 N–H and O–H groups in total. The molecule has 0 heterocycles. The smallest absolute Gasteiger partial charge is 0.312 e. The van der Waals surface area contributed by atoms with E-state index in [1.165, 1.54) is 19.2 Å². The van der Waals surface area contributed by atoms with Gasteiger partial charge >= 0.3 is 5.69 Å². The molecule has 1 aromatic carbocycles. The van der Waals surface area contributed by atoms with Gasteiger partial charge in [0.15, 0.2) is 11.0 Å². The molecule has 0 amide bonds. The number of methoxy groups -OCH3 is 1. The maximum absolute atomic E-state index is 11.9. The molecule has 1 aromatic rings. The Labute approximate surface area is 116 Å². The summed E-state index contributed by atoms with van der Waals surface area (Å²) < 4.78 is 30.7. The molecule has 1 unspecified atom stereocenters. The van der Waals surface area contributed by atoms with Crippen LogP contribution in [-0.2, 0) is 10.0 Å². The first-order chi connectivity index (χ1) is 9.35. The molecule has 0 saturated carbocycles. The van der Waals surface area contributed by atoms with Crippen LogP contribution in [0.2, 0.25) is 0 Å². The third-order valence-corrected chi connectivity index (χ3v) is 4.23. The molecular formula is C11H13N3O5S. The second-order valence-electron chi connectivity index (χ2n) is 3.82. The van der Waals surface area contributed by atoms with Gasteiger partial charge < -0.3 is 4.74 Å². The summed E-state index contributed by atoms with van der Waals surface area (Å²) in [6.07, 6.45) is 0.115. The molecule has 0 aromatic heterocycles. The Bertz CT molecular complexity index is 651. The Balaban J connectivity index is 3.15. The number of rotatable bonds is 6. The monoisotopic (exact) mass is 299 g/mol. The average molecular weight is 299 g/mol. The Kier molecular flexibility index (Phi) is 4.88. The van der Waals surface area contributed by atoms with Crippen molar-refractivity contribution in [1.29, 1.82) is 5.26 Å². The number of nitro groups is 1. The van der Waals surface area contributed by atoms with Crippen molar-refractivity contribution in [1.82, 2.24) is 0 Å². The minimum Gasteiger partial charge on any atom is -0.490 e. The molecule has 20 heavy (non-hydrogen) atoms. The van der Waals surface area contributed by atoms with Crippen molar-refractivity contribution in [3.63, 3.8) is 0 Å². The second-order valence-corrected chi connectivity index (χ2v) is 5.68. The number of sulfonamides is 1. The minimum atomic E-state index is -3.91. The largest absolute Gasteiger partial charge is 0.490 e. The van der Waals surface area contributed by atoms with E-state index in [1.807, 2.05) is 0 Å². The summed E-state index contributed by atoms with van der Waals surface area (Å²) in [5.74, 6) is 0.0188. The van der Waals surface area contributed by atoms with E-state index >= 15 is 0 Å². The molecule has 0 aliphatic carbocycles. The van der Waals surface area contributed by atoms with Crippen LogP contribution < -0.4 is 9.46 Å². The van der Waals surface area contributed by atoms with Gasteiger partial charge in [0.25, 0.3) is 0 Å². The van der Waals surface area contributed by atoms with Crippen molar-refractivity contribution >= 4 is 21.4 Å². The molecule has 0 bridgehead atoms. The van der Waals surface area contributed by atoms with E-state index in [2.05, 4.69) is 4.72 Å². The lowest BCUT2D eigenvalue weighted by Gasteiger charge is -2.11. The van der Waals surface area contributed by atoms with Crippen molar-refractivity contribution in [3.05, 3.63) is 28.3 Å². The number of hydrogen-bond donors (Lipinski definition) is 1. The molecule has 0 aliphatic heterocycles. The van der Waals surface area contributed by atoms with Crippen LogP contribution in [0.15, 0.2) is 18.2 Å². The summed E-state index contributed by atoms with van der Waals surface area (Å²) in [7, 11) is -2.64. The lowest BCUT2D eigenvalue weighted by Crippen LogP contribution is -2.25. The van der Waals surface area contributed by atoms with Gasteiger partial charge in [-0.25, -0.2) is 8.42 Å². The molecule has 1 atom stereocenters. The highest BCUT2D eigenvalue weighted by Gasteiger charge is 2.24. The molecule has 0 aliphatic rings. The number of nitrogens with zero attached hydrogens (tertiary/aromatic N) is 2. The first kappa shape index (κ1) is 15.7. The van der Waals surface area contributed by atoms with Gasteiger partial charge in [0.05, 0.1) is 23.8 Å². The SMILES string of the molecule is CCC(C#N)S(=O)(=O)Nc1ccc(OC)c([N+](=O)[O-])c1. The van der Waals surface area contributed by atoms with Gasteiger partial charge in [-0.2, -0.15) is 5.26 Å². The topological polar surface area (TPSA) is 122 Å². The van der Waals surface area contributed by atoms with Gasteiger partial charge in [-0.15, -0.1) is 0 Å². The molecule has 108 valence electrons. The fourth-order valence-corrected chi connectivity index (χ4v) is 2.69. The Morgan fingerprint density at radius 2 is 2.20 bits per heavy atom. The fourth-order valence-electron chi connectivity index (χ4n) is 1.51. The number of hydrogen-bond acceptors (Lipinski definition) is 6.